The fourth-order valence-corrected chi connectivity index (χ4v) is 1.78. The van der Waals surface area contributed by atoms with E-state index in [0.717, 1.165) is 5.56 Å². The zero-order valence-corrected chi connectivity index (χ0v) is 12.5. The number of hydrogen-bond donors (Lipinski definition) is 2. The van der Waals surface area contributed by atoms with Crippen LogP contribution < -0.4 is 11.1 Å². The quantitative estimate of drug-likeness (QED) is 0.671. The highest BCUT2D eigenvalue weighted by Crippen LogP contribution is 2.11. The van der Waals surface area contributed by atoms with Gasteiger partial charge in [0.2, 0.25) is 0 Å². The van der Waals surface area contributed by atoms with Crippen LogP contribution in [0.25, 0.3) is 0 Å². The molecule has 0 aliphatic heterocycles. The van der Waals surface area contributed by atoms with Gasteiger partial charge in [-0.2, -0.15) is 0 Å². The maximum Gasteiger partial charge on any atom is 0.338 e. The summed E-state index contributed by atoms with van der Waals surface area (Å²) in [6.07, 6.45) is -0.897. The molecule has 0 fully saturated rings. The molecule has 2 aromatic carbocycles. The molecular weight excluding hydrogens is 280 g/mol. The van der Waals surface area contributed by atoms with E-state index in [9.17, 15) is 9.59 Å². The van der Waals surface area contributed by atoms with E-state index in [0.29, 0.717) is 16.9 Å². The first-order valence-corrected chi connectivity index (χ1v) is 6.90. The summed E-state index contributed by atoms with van der Waals surface area (Å²) in [6.45, 7) is 3.49. The van der Waals surface area contributed by atoms with Gasteiger partial charge in [0.1, 0.15) is 0 Å². The number of hydrogen-bond acceptors (Lipinski definition) is 4. The Hall–Kier alpha value is -2.82. The Morgan fingerprint density at radius 3 is 2.23 bits per heavy atom. The Bertz CT molecular complexity index is 663. The number of amides is 1. The van der Waals surface area contributed by atoms with E-state index >= 15 is 0 Å². The first kappa shape index (κ1) is 15.6. The second-order valence-electron chi connectivity index (χ2n) is 5.02. The van der Waals surface area contributed by atoms with E-state index in [2.05, 4.69) is 5.32 Å². The number of carbonyl (C=O) groups excluding carboxylic acids is 2. The largest absolute Gasteiger partial charge is 0.449 e. The van der Waals surface area contributed by atoms with Crippen molar-refractivity contribution in [2.45, 2.75) is 20.0 Å². The Balaban J connectivity index is 1.94. The predicted molar refractivity (Wildman–Crippen MR) is 85.5 cm³/mol. The number of rotatable bonds is 4. The molecule has 2 aromatic rings. The lowest BCUT2D eigenvalue weighted by Crippen LogP contribution is -2.30. The van der Waals surface area contributed by atoms with Gasteiger partial charge in [0.15, 0.2) is 6.10 Å². The van der Waals surface area contributed by atoms with Gasteiger partial charge in [0.05, 0.1) is 5.56 Å². The van der Waals surface area contributed by atoms with Crippen molar-refractivity contribution in [3.8, 4) is 0 Å². The summed E-state index contributed by atoms with van der Waals surface area (Å²) in [6, 6.07) is 13.7. The van der Waals surface area contributed by atoms with E-state index < -0.39 is 12.1 Å². The number of anilines is 2. The average molecular weight is 298 g/mol. The number of ether oxygens (including phenoxy) is 1. The fourth-order valence-electron chi connectivity index (χ4n) is 1.78. The van der Waals surface area contributed by atoms with Gasteiger partial charge in [-0.05, 0) is 50.2 Å². The Morgan fingerprint density at radius 2 is 1.64 bits per heavy atom. The summed E-state index contributed by atoms with van der Waals surface area (Å²) in [7, 11) is 0. The van der Waals surface area contributed by atoms with Gasteiger partial charge in [-0.3, -0.25) is 4.79 Å². The summed E-state index contributed by atoms with van der Waals surface area (Å²) in [5.74, 6) is -0.945. The third-order valence-electron chi connectivity index (χ3n) is 3.12. The molecule has 0 aliphatic carbocycles. The van der Waals surface area contributed by atoms with Gasteiger partial charge < -0.3 is 15.8 Å². The zero-order valence-electron chi connectivity index (χ0n) is 12.5. The molecule has 1 amide bonds. The van der Waals surface area contributed by atoms with Crippen LogP contribution in [-0.4, -0.2) is 18.0 Å². The molecule has 0 radical (unpaired) electrons. The average Bonchev–Trinajstić information content (AvgIpc) is 2.50. The number of nitrogens with two attached hydrogens (primary N) is 1. The molecule has 0 aromatic heterocycles. The van der Waals surface area contributed by atoms with Crippen LogP contribution in [0.1, 0.15) is 22.8 Å². The normalized spacial score (nSPS) is 11.5. The molecule has 0 saturated heterocycles. The van der Waals surface area contributed by atoms with Crippen LogP contribution >= 0.6 is 0 Å². The molecule has 1 unspecified atom stereocenters. The van der Waals surface area contributed by atoms with Crippen LogP contribution in [-0.2, 0) is 9.53 Å². The third kappa shape index (κ3) is 4.09. The second kappa shape index (κ2) is 6.76. The minimum atomic E-state index is -0.897. The molecular formula is C17H18N2O3. The van der Waals surface area contributed by atoms with Gasteiger partial charge in [0.25, 0.3) is 5.91 Å². The zero-order chi connectivity index (χ0) is 16.1. The van der Waals surface area contributed by atoms with Crippen molar-refractivity contribution in [1.82, 2.24) is 0 Å². The van der Waals surface area contributed by atoms with Gasteiger partial charge in [0, 0.05) is 11.4 Å². The number of nitrogen functional groups attached to an aromatic ring is 1. The van der Waals surface area contributed by atoms with Crippen LogP contribution in [0.4, 0.5) is 11.4 Å². The fraction of sp³-hybridized carbons (Fsp3) is 0.176. The molecule has 1 atom stereocenters. The molecule has 5 heteroatoms. The van der Waals surface area contributed by atoms with Crippen molar-refractivity contribution in [2.24, 2.45) is 0 Å². The van der Waals surface area contributed by atoms with Crippen molar-refractivity contribution in [3.05, 3.63) is 59.7 Å². The lowest BCUT2D eigenvalue weighted by atomic mass is 10.2. The highest BCUT2D eigenvalue weighted by molar-refractivity contribution is 5.97. The van der Waals surface area contributed by atoms with Crippen molar-refractivity contribution in [2.75, 3.05) is 11.1 Å². The molecule has 0 bridgehead atoms. The van der Waals surface area contributed by atoms with Gasteiger partial charge in [-0.25, -0.2) is 4.79 Å². The summed E-state index contributed by atoms with van der Waals surface area (Å²) in [5.41, 5.74) is 8.22. The van der Waals surface area contributed by atoms with Crippen LogP contribution in [0.5, 0.6) is 0 Å². The third-order valence-corrected chi connectivity index (χ3v) is 3.12. The number of esters is 1. The van der Waals surface area contributed by atoms with Gasteiger partial charge in [-0.1, -0.05) is 17.7 Å². The summed E-state index contributed by atoms with van der Waals surface area (Å²) in [5, 5.41) is 2.70. The highest BCUT2D eigenvalue weighted by Gasteiger charge is 2.18. The van der Waals surface area contributed by atoms with Gasteiger partial charge >= 0.3 is 5.97 Å². The smallest absolute Gasteiger partial charge is 0.338 e. The van der Waals surface area contributed by atoms with E-state index in [1.807, 2.05) is 19.1 Å². The van der Waals surface area contributed by atoms with Crippen LogP contribution in [0.15, 0.2) is 48.5 Å². The molecule has 0 heterocycles. The number of aryl methyl sites for hydroxylation is 1. The van der Waals surface area contributed by atoms with E-state index in [4.69, 9.17) is 10.5 Å². The maximum atomic E-state index is 12.0. The molecule has 0 aliphatic rings. The predicted octanol–water partition coefficient (Wildman–Crippen LogP) is 2.76. The molecule has 2 rings (SSSR count). The Morgan fingerprint density at radius 1 is 1.05 bits per heavy atom. The number of carbonyl (C=O) groups is 2. The summed E-state index contributed by atoms with van der Waals surface area (Å²) >= 11 is 0. The molecule has 114 valence electrons. The van der Waals surface area contributed by atoms with Crippen LogP contribution in [0, 0.1) is 6.92 Å². The lowest BCUT2D eigenvalue weighted by molar-refractivity contribution is -0.123. The van der Waals surface area contributed by atoms with Crippen LogP contribution in [0.3, 0.4) is 0 Å². The molecule has 3 N–H and O–H groups in total. The maximum absolute atomic E-state index is 12.0. The summed E-state index contributed by atoms with van der Waals surface area (Å²) < 4.78 is 5.14. The first-order valence-electron chi connectivity index (χ1n) is 6.90. The van der Waals surface area contributed by atoms with Gasteiger partial charge in [-0.15, -0.1) is 0 Å². The van der Waals surface area contributed by atoms with Crippen LogP contribution in [0.2, 0.25) is 0 Å². The highest BCUT2D eigenvalue weighted by atomic mass is 16.5. The first-order chi connectivity index (χ1) is 10.5. The minimum absolute atomic E-state index is 0.351. The van der Waals surface area contributed by atoms with E-state index in [-0.39, 0.29) is 5.91 Å². The molecule has 0 spiro atoms. The Kier molecular flexibility index (Phi) is 4.78. The monoisotopic (exact) mass is 298 g/mol. The van der Waals surface area contributed by atoms with Crippen molar-refractivity contribution in [1.29, 1.82) is 0 Å². The molecule has 5 nitrogen and oxygen atoms in total. The topological polar surface area (TPSA) is 81.4 Å². The number of benzene rings is 2. The second-order valence-corrected chi connectivity index (χ2v) is 5.02. The standard InChI is InChI=1S/C17H18N2O3/c1-11-3-9-15(10-4-11)19-16(20)12(2)22-17(21)13-5-7-14(18)8-6-13/h3-10,12H,18H2,1-2H3,(H,19,20). The minimum Gasteiger partial charge on any atom is -0.449 e. The molecule has 22 heavy (non-hydrogen) atoms. The molecule has 0 saturated carbocycles. The Labute approximate surface area is 129 Å². The van der Waals surface area contributed by atoms with Crippen molar-refractivity contribution >= 4 is 23.3 Å². The lowest BCUT2D eigenvalue weighted by Gasteiger charge is -2.13. The van der Waals surface area contributed by atoms with Crippen molar-refractivity contribution in [3.63, 3.8) is 0 Å². The van der Waals surface area contributed by atoms with Crippen molar-refractivity contribution < 1.29 is 14.3 Å². The summed E-state index contributed by atoms with van der Waals surface area (Å²) in [4.78, 5) is 23.9. The van der Waals surface area contributed by atoms with E-state index in [1.165, 1.54) is 6.92 Å². The van der Waals surface area contributed by atoms with E-state index in [1.54, 1.807) is 36.4 Å². The number of nitrogens with one attached hydrogen (secondary N) is 1. The SMILES string of the molecule is Cc1ccc(NC(=O)C(C)OC(=O)c2ccc(N)cc2)cc1.